The first-order valence-electron chi connectivity index (χ1n) is 7.42. The predicted molar refractivity (Wildman–Crippen MR) is 80.8 cm³/mol. The molecule has 1 N–H and O–H groups in total. The number of carbonyl (C=O) groups excluding carboxylic acids is 2. The molecule has 1 aliphatic heterocycles. The molecule has 1 aliphatic carbocycles. The fourth-order valence-corrected chi connectivity index (χ4v) is 2.92. The Balaban J connectivity index is 1.54. The number of rotatable bonds is 5. The number of nitrogens with zero attached hydrogens (tertiary/aromatic N) is 1. The van der Waals surface area contributed by atoms with Gasteiger partial charge in [0.25, 0.3) is 0 Å². The molecule has 4 nitrogen and oxygen atoms in total. The zero-order chi connectivity index (χ0) is 14.8. The van der Waals surface area contributed by atoms with Crippen molar-refractivity contribution in [3.05, 3.63) is 34.9 Å². The number of benzene rings is 1. The third-order valence-electron chi connectivity index (χ3n) is 4.07. The highest BCUT2D eigenvalue weighted by Gasteiger charge is 2.32. The van der Waals surface area contributed by atoms with Gasteiger partial charge in [0.15, 0.2) is 0 Å². The van der Waals surface area contributed by atoms with Gasteiger partial charge in [0.1, 0.15) is 0 Å². The number of carbonyl (C=O) groups is 2. The quantitative estimate of drug-likeness (QED) is 0.908. The molecule has 112 valence electrons. The first kappa shape index (κ1) is 14.4. The molecule has 1 saturated heterocycles. The van der Waals surface area contributed by atoms with Gasteiger partial charge in [-0.2, -0.15) is 0 Å². The molecule has 1 saturated carbocycles. The van der Waals surface area contributed by atoms with Crippen molar-refractivity contribution in [2.45, 2.75) is 38.3 Å². The molecule has 0 unspecified atom stereocenters. The molecule has 1 aromatic rings. The second kappa shape index (κ2) is 6.06. The second-order valence-electron chi connectivity index (χ2n) is 5.98. The summed E-state index contributed by atoms with van der Waals surface area (Å²) in [6.45, 7) is 1.08. The third kappa shape index (κ3) is 3.76. The summed E-state index contributed by atoms with van der Waals surface area (Å²) < 4.78 is 0. The minimum atomic E-state index is -0.0637. The van der Waals surface area contributed by atoms with Gasteiger partial charge in [-0.3, -0.25) is 9.59 Å². The molecular formula is C16H19ClN2O2. The Morgan fingerprint density at radius 2 is 2.10 bits per heavy atom. The van der Waals surface area contributed by atoms with Crippen molar-refractivity contribution in [1.82, 2.24) is 10.2 Å². The predicted octanol–water partition coefficient (Wildman–Crippen LogP) is 2.36. The van der Waals surface area contributed by atoms with Crippen molar-refractivity contribution in [1.29, 1.82) is 0 Å². The Bertz CT molecular complexity index is 557. The normalized spacial score (nSPS) is 21.7. The molecule has 2 amide bonds. The van der Waals surface area contributed by atoms with Crippen LogP contribution in [0.5, 0.6) is 0 Å². The molecule has 0 aromatic heterocycles. The molecule has 1 heterocycles. The van der Waals surface area contributed by atoms with Gasteiger partial charge in [0, 0.05) is 31.0 Å². The van der Waals surface area contributed by atoms with Crippen molar-refractivity contribution in [3.63, 3.8) is 0 Å². The van der Waals surface area contributed by atoms with Crippen LogP contribution in [0.25, 0.3) is 0 Å². The van der Waals surface area contributed by atoms with Crippen LogP contribution >= 0.6 is 11.6 Å². The minimum absolute atomic E-state index is 0.0637. The maximum atomic E-state index is 12.0. The monoisotopic (exact) mass is 306 g/mol. The SMILES string of the molecule is O=C(CC1CC1)N[C@@H]1CC(=O)N(Cc2ccccc2Cl)C1. The molecule has 0 spiro atoms. The summed E-state index contributed by atoms with van der Waals surface area (Å²) in [5, 5.41) is 3.65. The summed E-state index contributed by atoms with van der Waals surface area (Å²) in [7, 11) is 0. The van der Waals surface area contributed by atoms with Crippen molar-refractivity contribution in [2.24, 2.45) is 5.92 Å². The molecule has 21 heavy (non-hydrogen) atoms. The smallest absolute Gasteiger partial charge is 0.225 e. The van der Waals surface area contributed by atoms with Gasteiger partial charge in [-0.25, -0.2) is 0 Å². The van der Waals surface area contributed by atoms with Crippen LogP contribution in [-0.4, -0.2) is 29.3 Å². The van der Waals surface area contributed by atoms with Crippen LogP contribution in [-0.2, 0) is 16.1 Å². The van der Waals surface area contributed by atoms with Gasteiger partial charge in [-0.05, 0) is 30.4 Å². The van der Waals surface area contributed by atoms with Crippen molar-refractivity contribution in [2.75, 3.05) is 6.54 Å². The summed E-state index contributed by atoms with van der Waals surface area (Å²) >= 11 is 6.13. The first-order chi connectivity index (χ1) is 10.1. The number of hydrogen-bond donors (Lipinski definition) is 1. The van der Waals surface area contributed by atoms with Crippen LogP contribution in [0.2, 0.25) is 5.02 Å². The van der Waals surface area contributed by atoms with E-state index in [1.165, 1.54) is 0 Å². The van der Waals surface area contributed by atoms with Crippen LogP contribution in [0, 0.1) is 5.92 Å². The van der Waals surface area contributed by atoms with Crippen LogP contribution in [0.3, 0.4) is 0 Å². The lowest BCUT2D eigenvalue weighted by atomic mass is 10.2. The van der Waals surface area contributed by atoms with E-state index in [9.17, 15) is 9.59 Å². The largest absolute Gasteiger partial charge is 0.351 e. The molecule has 0 bridgehead atoms. The average molecular weight is 307 g/mol. The molecule has 1 aromatic carbocycles. The van der Waals surface area contributed by atoms with E-state index in [0.717, 1.165) is 18.4 Å². The highest BCUT2D eigenvalue weighted by atomic mass is 35.5. The van der Waals surface area contributed by atoms with E-state index >= 15 is 0 Å². The molecule has 2 fully saturated rings. The Labute approximate surface area is 129 Å². The first-order valence-corrected chi connectivity index (χ1v) is 7.80. The van der Waals surface area contributed by atoms with Gasteiger partial charge >= 0.3 is 0 Å². The van der Waals surface area contributed by atoms with Gasteiger partial charge in [0.2, 0.25) is 11.8 Å². The van der Waals surface area contributed by atoms with Gasteiger partial charge < -0.3 is 10.2 Å². The summed E-state index contributed by atoms with van der Waals surface area (Å²) in [5.74, 6) is 0.725. The fourth-order valence-electron chi connectivity index (χ4n) is 2.72. The Kier molecular flexibility index (Phi) is 4.15. The van der Waals surface area contributed by atoms with E-state index in [-0.39, 0.29) is 17.9 Å². The van der Waals surface area contributed by atoms with Crippen molar-refractivity contribution >= 4 is 23.4 Å². The molecule has 1 atom stereocenters. The van der Waals surface area contributed by atoms with Crippen LogP contribution in [0.1, 0.15) is 31.2 Å². The van der Waals surface area contributed by atoms with E-state index in [0.29, 0.717) is 36.9 Å². The number of likely N-dealkylation sites (tertiary alicyclic amines) is 1. The molecule has 5 heteroatoms. The molecular weight excluding hydrogens is 288 g/mol. The zero-order valence-electron chi connectivity index (χ0n) is 11.8. The van der Waals surface area contributed by atoms with Crippen LogP contribution in [0.4, 0.5) is 0 Å². The third-order valence-corrected chi connectivity index (χ3v) is 4.44. The van der Waals surface area contributed by atoms with E-state index < -0.39 is 0 Å². The lowest BCUT2D eigenvalue weighted by Gasteiger charge is -2.18. The van der Waals surface area contributed by atoms with E-state index in [1.54, 1.807) is 4.90 Å². The highest BCUT2D eigenvalue weighted by Crippen LogP contribution is 2.32. The Morgan fingerprint density at radius 3 is 2.81 bits per heavy atom. The van der Waals surface area contributed by atoms with Crippen molar-refractivity contribution in [3.8, 4) is 0 Å². The molecule has 0 radical (unpaired) electrons. The summed E-state index contributed by atoms with van der Waals surface area (Å²) in [4.78, 5) is 25.6. The minimum Gasteiger partial charge on any atom is -0.351 e. The van der Waals surface area contributed by atoms with Crippen molar-refractivity contribution < 1.29 is 9.59 Å². The van der Waals surface area contributed by atoms with Gasteiger partial charge in [-0.1, -0.05) is 29.8 Å². The molecule has 3 rings (SSSR count). The number of nitrogens with one attached hydrogen (secondary N) is 1. The average Bonchev–Trinajstić information content (AvgIpc) is 3.17. The fraction of sp³-hybridized carbons (Fsp3) is 0.500. The maximum absolute atomic E-state index is 12.0. The topological polar surface area (TPSA) is 49.4 Å². The zero-order valence-corrected chi connectivity index (χ0v) is 12.6. The highest BCUT2D eigenvalue weighted by molar-refractivity contribution is 6.31. The maximum Gasteiger partial charge on any atom is 0.225 e. The van der Waals surface area contributed by atoms with Crippen LogP contribution in [0.15, 0.2) is 24.3 Å². The number of hydrogen-bond acceptors (Lipinski definition) is 2. The lowest BCUT2D eigenvalue weighted by molar-refractivity contribution is -0.128. The van der Waals surface area contributed by atoms with E-state index in [2.05, 4.69) is 5.32 Å². The number of halogens is 1. The van der Waals surface area contributed by atoms with E-state index in [4.69, 9.17) is 11.6 Å². The van der Waals surface area contributed by atoms with E-state index in [1.807, 2.05) is 24.3 Å². The summed E-state index contributed by atoms with van der Waals surface area (Å²) in [6, 6.07) is 7.47. The Hall–Kier alpha value is -1.55. The standard InChI is InChI=1S/C16H19ClN2O2/c17-14-4-2-1-3-12(14)9-19-10-13(8-16(19)21)18-15(20)7-11-5-6-11/h1-4,11,13H,5-10H2,(H,18,20)/t13-/m1/s1. The summed E-state index contributed by atoms with van der Waals surface area (Å²) in [5.41, 5.74) is 0.942. The van der Waals surface area contributed by atoms with Gasteiger partial charge in [-0.15, -0.1) is 0 Å². The second-order valence-corrected chi connectivity index (χ2v) is 6.39. The van der Waals surface area contributed by atoms with Crippen LogP contribution < -0.4 is 5.32 Å². The summed E-state index contributed by atoms with van der Waals surface area (Å²) in [6.07, 6.45) is 3.32. The molecule has 2 aliphatic rings. The lowest BCUT2D eigenvalue weighted by Crippen LogP contribution is -2.37. The number of amides is 2. The Morgan fingerprint density at radius 1 is 1.33 bits per heavy atom. The van der Waals surface area contributed by atoms with Gasteiger partial charge in [0.05, 0.1) is 6.04 Å².